The molecule has 118 valence electrons. The zero-order valence-corrected chi connectivity index (χ0v) is 13.9. The Morgan fingerprint density at radius 2 is 2.13 bits per heavy atom. The fraction of sp³-hybridized carbons (Fsp3) is 0.176. The maximum atomic E-state index is 12.4. The predicted octanol–water partition coefficient (Wildman–Crippen LogP) is 4.14. The van der Waals surface area contributed by atoms with Crippen molar-refractivity contribution < 1.29 is 9.21 Å². The van der Waals surface area contributed by atoms with Crippen LogP contribution in [0.15, 0.2) is 53.1 Å². The van der Waals surface area contributed by atoms with Crippen LogP contribution in [0.25, 0.3) is 10.9 Å². The van der Waals surface area contributed by atoms with E-state index >= 15 is 0 Å². The second-order valence-electron chi connectivity index (χ2n) is 4.90. The Kier molecular flexibility index (Phi) is 5.20. The number of thioether (sulfide) groups is 1. The number of rotatable bonds is 6. The van der Waals surface area contributed by atoms with Crippen LogP contribution < -0.4 is 5.32 Å². The van der Waals surface area contributed by atoms with Crippen molar-refractivity contribution in [1.82, 2.24) is 10.3 Å². The highest BCUT2D eigenvalue weighted by Gasteiger charge is 2.11. The summed E-state index contributed by atoms with van der Waals surface area (Å²) in [5.41, 5.74) is 1.27. The summed E-state index contributed by atoms with van der Waals surface area (Å²) >= 11 is 7.71. The van der Waals surface area contributed by atoms with Gasteiger partial charge in [-0.15, -0.1) is 0 Å². The fourth-order valence-electron chi connectivity index (χ4n) is 2.23. The van der Waals surface area contributed by atoms with Gasteiger partial charge in [0.15, 0.2) is 0 Å². The lowest BCUT2D eigenvalue weighted by Crippen LogP contribution is -2.26. The van der Waals surface area contributed by atoms with Crippen molar-refractivity contribution >= 4 is 40.2 Å². The van der Waals surface area contributed by atoms with Gasteiger partial charge in [-0.3, -0.25) is 4.79 Å². The molecule has 0 unspecified atom stereocenters. The molecule has 0 saturated heterocycles. The van der Waals surface area contributed by atoms with Gasteiger partial charge in [-0.25, -0.2) is 4.98 Å². The number of carbonyl (C=O) groups excluding carboxylic acids is 1. The molecular formula is C17H15ClN2O2S. The van der Waals surface area contributed by atoms with Gasteiger partial charge in [0, 0.05) is 17.7 Å². The van der Waals surface area contributed by atoms with Crippen molar-refractivity contribution in [3.8, 4) is 0 Å². The van der Waals surface area contributed by atoms with E-state index in [4.69, 9.17) is 16.0 Å². The monoisotopic (exact) mass is 346 g/mol. The van der Waals surface area contributed by atoms with Gasteiger partial charge >= 0.3 is 0 Å². The van der Waals surface area contributed by atoms with E-state index in [1.807, 2.05) is 36.4 Å². The Morgan fingerprint density at radius 1 is 1.26 bits per heavy atom. The molecule has 23 heavy (non-hydrogen) atoms. The fourth-order valence-corrected chi connectivity index (χ4v) is 3.19. The Hall–Kier alpha value is -1.98. The first-order valence-electron chi connectivity index (χ1n) is 7.17. The maximum absolute atomic E-state index is 12.4. The van der Waals surface area contributed by atoms with E-state index in [2.05, 4.69) is 10.3 Å². The standard InChI is InChI=1S/C17H15ClN2O2S/c18-16-10-14(13-5-1-2-6-15(13)20-16)17(21)19-7-9-23-11-12-4-3-8-22-12/h1-6,8,10H,7,9,11H2,(H,19,21). The molecule has 0 fully saturated rings. The molecule has 6 heteroatoms. The van der Waals surface area contributed by atoms with Crippen LogP contribution in [-0.2, 0) is 5.75 Å². The van der Waals surface area contributed by atoms with Crippen LogP contribution in [0.2, 0.25) is 5.15 Å². The van der Waals surface area contributed by atoms with Crippen LogP contribution in [0.1, 0.15) is 16.1 Å². The highest BCUT2D eigenvalue weighted by molar-refractivity contribution is 7.98. The molecular weight excluding hydrogens is 332 g/mol. The number of aromatic nitrogens is 1. The number of para-hydroxylation sites is 1. The van der Waals surface area contributed by atoms with Crippen molar-refractivity contribution in [3.05, 3.63) is 65.2 Å². The Balaban J connectivity index is 1.58. The van der Waals surface area contributed by atoms with Crippen molar-refractivity contribution in [1.29, 1.82) is 0 Å². The summed E-state index contributed by atoms with van der Waals surface area (Å²) < 4.78 is 5.26. The number of nitrogens with one attached hydrogen (secondary N) is 1. The molecule has 1 aromatic carbocycles. The lowest BCUT2D eigenvalue weighted by molar-refractivity contribution is 0.0958. The minimum Gasteiger partial charge on any atom is -0.468 e. The molecule has 0 aliphatic carbocycles. The molecule has 2 heterocycles. The van der Waals surface area contributed by atoms with Crippen LogP contribution in [0, 0.1) is 0 Å². The van der Waals surface area contributed by atoms with Gasteiger partial charge in [-0.1, -0.05) is 29.8 Å². The number of furan rings is 1. The smallest absolute Gasteiger partial charge is 0.252 e. The number of pyridine rings is 1. The number of halogens is 1. The van der Waals surface area contributed by atoms with Crippen LogP contribution in [0.5, 0.6) is 0 Å². The molecule has 0 saturated carbocycles. The second-order valence-corrected chi connectivity index (χ2v) is 6.39. The summed E-state index contributed by atoms with van der Waals surface area (Å²) in [6.45, 7) is 0.582. The Bertz CT molecular complexity index is 805. The third-order valence-corrected chi connectivity index (χ3v) is 4.46. The summed E-state index contributed by atoms with van der Waals surface area (Å²) in [5.74, 6) is 2.41. The molecule has 1 amide bonds. The zero-order valence-electron chi connectivity index (χ0n) is 12.3. The number of benzene rings is 1. The van der Waals surface area contributed by atoms with Crippen molar-refractivity contribution in [3.63, 3.8) is 0 Å². The van der Waals surface area contributed by atoms with Crippen LogP contribution in [0.4, 0.5) is 0 Å². The third-order valence-electron chi connectivity index (χ3n) is 3.29. The van der Waals surface area contributed by atoms with E-state index < -0.39 is 0 Å². The summed E-state index contributed by atoms with van der Waals surface area (Å²) in [7, 11) is 0. The molecule has 3 rings (SSSR count). The highest BCUT2D eigenvalue weighted by Crippen LogP contribution is 2.20. The van der Waals surface area contributed by atoms with Gasteiger partial charge in [-0.2, -0.15) is 11.8 Å². The lowest BCUT2D eigenvalue weighted by Gasteiger charge is -2.08. The Labute approximate surface area is 143 Å². The lowest BCUT2D eigenvalue weighted by atomic mass is 10.1. The van der Waals surface area contributed by atoms with Crippen LogP contribution >= 0.6 is 23.4 Å². The summed E-state index contributed by atoms with van der Waals surface area (Å²) in [4.78, 5) is 16.6. The molecule has 0 aliphatic rings. The van der Waals surface area contributed by atoms with E-state index in [0.717, 1.165) is 28.2 Å². The van der Waals surface area contributed by atoms with Crippen molar-refractivity contribution in [2.75, 3.05) is 12.3 Å². The quantitative estimate of drug-likeness (QED) is 0.538. The topological polar surface area (TPSA) is 55.1 Å². The second kappa shape index (κ2) is 7.53. The number of fused-ring (bicyclic) bond motifs is 1. The largest absolute Gasteiger partial charge is 0.468 e. The maximum Gasteiger partial charge on any atom is 0.252 e. The van der Waals surface area contributed by atoms with E-state index in [1.54, 1.807) is 24.1 Å². The number of hydrogen-bond acceptors (Lipinski definition) is 4. The average molecular weight is 347 g/mol. The first-order valence-corrected chi connectivity index (χ1v) is 8.71. The van der Waals surface area contributed by atoms with Gasteiger partial charge in [0.25, 0.3) is 5.91 Å². The van der Waals surface area contributed by atoms with Crippen molar-refractivity contribution in [2.45, 2.75) is 5.75 Å². The van der Waals surface area contributed by atoms with Crippen LogP contribution in [-0.4, -0.2) is 23.2 Å². The molecule has 1 N–H and O–H groups in total. The van der Waals surface area contributed by atoms with Crippen LogP contribution in [0.3, 0.4) is 0 Å². The number of nitrogens with zero attached hydrogens (tertiary/aromatic N) is 1. The molecule has 0 bridgehead atoms. The van der Waals surface area contributed by atoms with E-state index in [9.17, 15) is 4.79 Å². The third kappa shape index (κ3) is 4.06. The van der Waals surface area contributed by atoms with Gasteiger partial charge in [0.1, 0.15) is 10.9 Å². The van der Waals surface area contributed by atoms with Crippen molar-refractivity contribution in [2.24, 2.45) is 0 Å². The van der Waals surface area contributed by atoms with Gasteiger partial charge in [0.2, 0.25) is 0 Å². The first kappa shape index (κ1) is 15.9. The van der Waals surface area contributed by atoms with Gasteiger partial charge < -0.3 is 9.73 Å². The molecule has 0 spiro atoms. The minimum atomic E-state index is -0.135. The molecule has 0 radical (unpaired) electrons. The molecule has 0 aliphatic heterocycles. The number of amides is 1. The zero-order chi connectivity index (χ0) is 16.1. The van der Waals surface area contributed by atoms with E-state index in [-0.39, 0.29) is 5.91 Å². The molecule has 2 aromatic heterocycles. The first-order chi connectivity index (χ1) is 11.2. The normalized spacial score (nSPS) is 10.8. The summed E-state index contributed by atoms with van der Waals surface area (Å²) in [6, 6.07) is 12.9. The minimum absolute atomic E-state index is 0.135. The van der Waals surface area contributed by atoms with E-state index in [0.29, 0.717) is 17.3 Å². The van der Waals surface area contributed by atoms with Gasteiger partial charge in [0.05, 0.1) is 23.1 Å². The number of hydrogen-bond donors (Lipinski definition) is 1. The predicted molar refractivity (Wildman–Crippen MR) is 94.0 cm³/mol. The van der Waals surface area contributed by atoms with Gasteiger partial charge in [-0.05, 0) is 24.3 Å². The summed E-state index contributed by atoms with van der Waals surface area (Å²) in [5, 5.41) is 4.05. The number of carbonyl (C=O) groups is 1. The molecule has 0 atom stereocenters. The Morgan fingerprint density at radius 3 is 2.96 bits per heavy atom. The highest BCUT2D eigenvalue weighted by atomic mass is 35.5. The van der Waals surface area contributed by atoms with E-state index in [1.165, 1.54) is 0 Å². The SMILES string of the molecule is O=C(NCCSCc1ccco1)c1cc(Cl)nc2ccccc12. The summed E-state index contributed by atoms with van der Waals surface area (Å²) in [6.07, 6.45) is 1.66. The molecule has 3 aromatic rings. The molecule has 4 nitrogen and oxygen atoms in total. The average Bonchev–Trinajstić information content (AvgIpc) is 3.07.